The van der Waals surface area contributed by atoms with Gasteiger partial charge < -0.3 is 9.64 Å². The van der Waals surface area contributed by atoms with Crippen LogP contribution in [0.5, 0.6) is 5.75 Å². The van der Waals surface area contributed by atoms with E-state index >= 15 is 0 Å². The van der Waals surface area contributed by atoms with E-state index in [0.717, 1.165) is 31.2 Å². The van der Waals surface area contributed by atoms with Crippen molar-refractivity contribution in [3.63, 3.8) is 0 Å². The van der Waals surface area contributed by atoms with Gasteiger partial charge in [-0.2, -0.15) is 5.10 Å². The maximum absolute atomic E-state index is 13.2. The van der Waals surface area contributed by atoms with Crippen LogP contribution in [0.1, 0.15) is 29.8 Å². The van der Waals surface area contributed by atoms with Crippen molar-refractivity contribution >= 4 is 15.9 Å². The molecular formula is C18H24N4O4S. The maximum atomic E-state index is 13.2. The Labute approximate surface area is 159 Å². The van der Waals surface area contributed by atoms with Gasteiger partial charge in [0.05, 0.1) is 25.2 Å². The molecule has 1 amide bonds. The topological polar surface area (TPSA) is 93.5 Å². The number of para-hydroxylation sites is 1. The van der Waals surface area contributed by atoms with E-state index < -0.39 is 10.0 Å². The van der Waals surface area contributed by atoms with E-state index in [0.29, 0.717) is 12.3 Å². The van der Waals surface area contributed by atoms with E-state index in [4.69, 9.17) is 4.74 Å². The number of piperidine rings is 1. The summed E-state index contributed by atoms with van der Waals surface area (Å²) in [5, 5.41) is 4.43. The van der Waals surface area contributed by atoms with E-state index in [2.05, 4.69) is 9.82 Å². The van der Waals surface area contributed by atoms with Crippen LogP contribution in [0.15, 0.2) is 36.5 Å². The molecule has 2 heterocycles. The minimum absolute atomic E-state index is 0.201. The molecule has 1 aromatic heterocycles. The molecule has 1 saturated heterocycles. The zero-order chi connectivity index (χ0) is 19.4. The SMILES string of the molecule is COc1cn(-c2ccccc2)nc1C(=O)N1CCCCC1CNS(C)(=O)=O. The van der Waals surface area contributed by atoms with Gasteiger partial charge in [0.15, 0.2) is 11.4 Å². The number of ether oxygens (including phenoxy) is 1. The van der Waals surface area contributed by atoms with Gasteiger partial charge in [0.1, 0.15) is 0 Å². The summed E-state index contributed by atoms with van der Waals surface area (Å²) in [6.07, 6.45) is 5.37. The minimum atomic E-state index is -3.31. The molecule has 1 atom stereocenters. The van der Waals surface area contributed by atoms with Crippen molar-refractivity contribution in [2.24, 2.45) is 0 Å². The van der Waals surface area contributed by atoms with Gasteiger partial charge in [0.25, 0.3) is 5.91 Å². The lowest BCUT2D eigenvalue weighted by molar-refractivity contribution is 0.0609. The molecule has 1 N–H and O–H groups in total. The lowest BCUT2D eigenvalue weighted by Gasteiger charge is -2.35. The summed E-state index contributed by atoms with van der Waals surface area (Å²) in [6, 6.07) is 9.27. The van der Waals surface area contributed by atoms with E-state index in [9.17, 15) is 13.2 Å². The molecule has 146 valence electrons. The summed E-state index contributed by atoms with van der Waals surface area (Å²) in [5.41, 5.74) is 1.05. The fourth-order valence-electron chi connectivity index (χ4n) is 3.23. The first-order chi connectivity index (χ1) is 12.9. The Morgan fingerprint density at radius 3 is 2.70 bits per heavy atom. The summed E-state index contributed by atoms with van der Waals surface area (Å²) < 4.78 is 32.3. The van der Waals surface area contributed by atoms with Crippen LogP contribution in [0, 0.1) is 0 Å². The van der Waals surface area contributed by atoms with Crippen LogP contribution in [-0.4, -0.2) is 61.5 Å². The molecule has 1 aliphatic rings. The van der Waals surface area contributed by atoms with Crippen LogP contribution in [0.4, 0.5) is 0 Å². The molecule has 9 heteroatoms. The molecule has 0 bridgehead atoms. The number of amides is 1. The van der Waals surface area contributed by atoms with Crippen LogP contribution >= 0.6 is 0 Å². The Kier molecular flexibility index (Phi) is 5.81. The average molecular weight is 392 g/mol. The maximum Gasteiger partial charge on any atom is 0.278 e. The van der Waals surface area contributed by atoms with Crippen LogP contribution in [0.3, 0.4) is 0 Å². The second kappa shape index (κ2) is 8.10. The highest BCUT2D eigenvalue weighted by atomic mass is 32.2. The average Bonchev–Trinajstić information content (AvgIpc) is 3.10. The third kappa shape index (κ3) is 4.67. The van der Waals surface area contributed by atoms with Crippen LogP contribution in [0.25, 0.3) is 5.69 Å². The number of hydrogen-bond donors (Lipinski definition) is 1. The number of hydrogen-bond acceptors (Lipinski definition) is 5. The Bertz CT molecular complexity index is 895. The van der Waals surface area contributed by atoms with Crippen molar-refractivity contribution in [2.45, 2.75) is 25.3 Å². The molecule has 1 fully saturated rings. The highest BCUT2D eigenvalue weighted by Gasteiger charge is 2.31. The lowest BCUT2D eigenvalue weighted by Crippen LogP contribution is -2.49. The van der Waals surface area contributed by atoms with Crippen LogP contribution in [-0.2, 0) is 10.0 Å². The molecule has 0 radical (unpaired) electrons. The summed E-state index contributed by atoms with van der Waals surface area (Å²) >= 11 is 0. The molecule has 27 heavy (non-hydrogen) atoms. The van der Waals surface area contributed by atoms with Crippen molar-refractivity contribution in [3.05, 3.63) is 42.2 Å². The smallest absolute Gasteiger partial charge is 0.278 e. The molecule has 1 aromatic carbocycles. The largest absolute Gasteiger partial charge is 0.493 e. The van der Waals surface area contributed by atoms with Gasteiger partial charge in [-0.3, -0.25) is 4.79 Å². The van der Waals surface area contributed by atoms with Gasteiger partial charge in [-0.1, -0.05) is 18.2 Å². The van der Waals surface area contributed by atoms with Gasteiger partial charge >= 0.3 is 0 Å². The quantitative estimate of drug-likeness (QED) is 0.803. The van der Waals surface area contributed by atoms with Crippen molar-refractivity contribution in [3.8, 4) is 11.4 Å². The van der Waals surface area contributed by atoms with Gasteiger partial charge in [0, 0.05) is 19.1 Å². The first-order valence-corrected chi connectivity index (χ1v) is 10.7. The minimum Gasteiger partial charge on any atom is -0.493 e. The number of likely N-dealkylation sites (tertiary alicyclic amines) is 1. The number of nitrogens with zero attached hydrogens (tertiary/aromatic N) is 3. The molecule has 3 rings (SSSR count). The highest BCUT2D eigenvalue weighted by molar-refractivity contribution is 7.88. The molecule has 8 nitrogen and oxygen atoms in total. The zero-order valence-corrected chi connectivity index (χ0v) is 16.3. The van der Waals surface area contributed by atoms with Gasteiger partial charge in [-0.05, 0) is 31.4 Å². The third-order valence-corrected chi connectivity index (χ3v) is 5.28. The molecule has 1 aliphatic heterocycles. The fourth-order valence-corrected chi connectivity index (χ4v) is 3.73. The second-order valence-electron chi connectivity index (χ2n) is 6.59. The van der Waals surface area contributed by atoms with Crippen molar-refractivity contribution in [2.75, 3.05) is 26.5 Å². The number of carbonyl (C=O) groups excluding carboxylic acids is 1. The molecule has 2 aromatic rings. The predicted octanol–water partition coefficient (Wildman–Crippen LogP) is 1.42. The zero-order valence-electron chi connectivity index (χ0n) is 15.5. The number of carbonyl (C=O) groups is 1. The Balaban J connectivity index is 1.85. The highest BCUT2D eigenvalue weighted by Crippen LogP contribution is 2.25. The van der Waals surface area contributed by atoms with Gasteiger partial charge in [-0.15, -0.1) is 0 Å². The predicted molar refractivity (Wildman–Crippen MR) is 102 cm³/mol. The second-order valence-corrected chi connectivity index (χ2v) is 8.43. The number of rotatable bonds is 6. The normalized spacial score (nSPS) is 17.7. The molecular weight excluding hydrogens is 368 g/mol. The van der Waals surface area contributed by atoms with Crippen molar-refractivity contribution in [1.82, 2.24) is 19.4 Å². The van der Waals surface area contributed by atoms with Crippen LogP contribution < -0.4 is 9.46 Å². The number of benzene rings is 1. The lowest BCUT2D eigenvalue weighted by atomic mass is 10.0. The number of sulfonamides is 1. The monoisotopic (exact) mass is 392 g/mol. The number of aromatic nitrogens is 2. The summed E-state index contributed by atoms with van der Waals surface area (Å²) in [4.78, 5) is 14.8. The van der Waals surface area contributed by atoms with Gasteiger partial charge in [-0.25, -0.2) is 17.8 Å². The van der Waals surface area contributed by atoms with E-state index in [1.54, 1.807) is 15.8 Å². The molecule has 1 unspecified atom stereocenters. The fraction of sp³-hybridized carbons (Fsp3) is 0.444. The van der Waals surface area contributed by atoms with Crippen LogP contribution in [0.2, 0.25) is 0 Å². The van der Waals surface area contributed by atoms with E-state index in [1.165, 1.54) is 7.11 Å². The van der Waals surface area contributed by atoms with Crippen molar-refractivity contribution < 1.29 is 17.9 Å². The van der Waals surface area contributed by atoms with Gasteiger partial charge in [0.2, 0.25) is 10.0 Å². The molecule has 0 aliphatic carbocycles. The van der Waals surface area contributed by atoms with Crippen molar-refractivity contribution in [1.29, 1.82) is 0 Å². The van der Waals surface area contributed by atoms with E-state index in [1.807, 2.05) is 30.3 Å². The Morgan fingerprint density at radius 1 is 1.30 bits per heavy atom. The third-order valence-electron chi connectivity index (χ3n) is 4.59. The summed E-state index contributed by atoms with van der Waals surface area (Å²) in [5.74, 6) is 0.144. The molecule has 0 spiro atoms. The summed E-state index contributed by atoms with van der Waals surface area (Å²) in [6.45, 7) is 0.766. The molecule has 0 saturated carbocycles. The summed E-state index contributed by atoms with van der Waals surface area (Å²) in [7, 11) is -1.81. The Hall–Kier alpha value is -2.39. The number of nitrogens with one attached hydrogen (secondary N) is 1. The van der Waals surface area contributed by atoms with E-state index in [-0.39, 0.29) is 24.2 Å². The first-order valence-electron chi connectivity index (χ1n) is 8.84. The Morgan fingerprint density at radius 2 is 2.04 bits per heavy atom. The standard InChI is InChI=1S/C18H24N4O4S/c1-26-16-13-22(14-8-4-3-5-9-14)20-17(16)18(23)21-11-7-6-10-15(21)12-19-27(2,24)25/h3-5,8-9,13,15,19H,6-7,10-12H2,1-2H3. The number of methoxy groups -OCH3 is 1. The first kappa shape index (κ1) is 19.4.